The number of nitrogens with zero attached hydrogens (tertiary/aromatic N) is 1. The molecule has 1 heterocycles. The Morgan fingerprint density at radius 3 is 2.70 bits per heavy atom. The van der Waals surface area contributed by atoms with E-state index in [4.69, 9.17) is 0 Å². The van der Waals surface area contributed by atoms with Crippen molar-refractivity contribution in [3.05, 3.63) is 12.3 Å². The minimum absolute atomic E-state index is 0.175. The van der Waals surface area contributed by atoms with Crippen LogP contribution in [0.3, 0.4) is 0 Å². The third kappa shape index (κ3) is 1.10. The molecule has 0 aromatic carbocycles. The number of halogens is 1. The van der Waals surface area contributed by atoms with Crippen LogP contribution in [-0.4, -0.2) is 23.2 Å². The van der Waals surface area contributed by atoms with Crippen molar-refractivity contribution in [2.75, 3.05) is 12.4 Å². The highest BCUT2D eigenvalue weighted by atomic mass is 79.9. The smallest absolute Gasteiger partial charge is 0.227 e. The summed E-state index contributed by atoms with van der Waals surface area (Å²) in [4.78, 5) is 12.6. The summed E-state index contributed by atoms with van der Waals surface area (Å²) < 4.78 is 0. The Hall–Kier alpha value is -0.310. The Morgan fingerprint density at radius 2 is 2.50 bits per heavy atom. The topological polar surface area (TPSA) is 20.3 Å². The normalized spacial score (nSPS) is 26.2. The largest absolute Gasteiger partial charge is 0.320 e. The first-order chi connectivity index (χ1) is 4.66. The van der Waals surface area contributed by atoms with E-state index in [2.05, 4.69) is 22.5 Å². The molecule has 1 amide bonds. The Kier molecular flexibility index (Phi) is 2.14. The number of rotatable bonds is 1. The molecular weight excluding hydrogens is 194 g/mol. The molecule has 0 aromatic rings. The van der Waals surface area contributed by atoms with Crippen molar-refractivity contribution >= 4 is 21.8 Å². The minimum atomic E-state index is 0.175. The molecule has 1 atom stereocenters. The summed E-state index contributed by atoms with van der Waals surface area (Å²) >= 11 is 3.33. The van der Waals surface area contributed by atoms with E-state index in [1.807, 2.05) is 0 Å². The molecule has 1 aliphatic rings. The summed E-state index contributed by atoms with van der Waals surface area (Å²) in [6.45, 7) is 3.81. The molecule has 0 radical (unpaired) electrons. The van der Waals surface area contributed by atoms with Crippen molar-refractivity contribution in [2.24, 2.45) is 5.92 Å². The van der Waals surface area contributed by atoms with Crippen molar-refractivity contribution in [2.45, 2.75) is 6.42 Å². The Morgan fingerprint density at radius 1 is 1.90 bits per heavy atom. The summed E-state index contributed by atoms with van der Waals surface area (Å²) in [5.41, 5.74) is 0.932. The van der Waals surface area contributed by atoms with E-state index in [9.17, 15) is 4.79 Å². The lowest BCUT2D eigenvalue weighted by atomic mass is 10.1. The highest BCUT2D eigenvalue weighted by molar-refractivity contribution is 9.09. The highest BCUT2D eigenvalue weighted by Crippen LogP contribution is 2.27. The van der Waals surface area contributed by atoms with Gasteiger partial charge in [0.05, 0.1) is 0 Å². The minimum Gasteiger partial charge on any atom is -0.320 e. The van der Waals surface area contributed by atoms with Crippen molar-refractivity contribution in [3.8, 4) is 0 Å². The van der Waals surface area contributed by atoms with Crippen LogP contribution < -0.4 is 0 Å². The fraction of sp³-hybridized carbons (Fsp3) is 0.571. The number of likely N-dealkylation sites (tertiary alicyclic amines) is 1. The Bertz CT molecular complexity index is 178. The van der Waals surface area contributed by atoms with Crippen LogP contribution in [0.1, 0.15) is 6.42 Å². The van der Waals surface area contributed by atoms with Crippen LogP contribution in [0.4, 0.5) is 0 Å². The maximum absolute atomic E-state index is 11.0. The van der Waals surface area contributed by atoms with Gasteiger partial charge in [0.2, 0.25) is 5.91 Å². The van der Waals surface area contributed by atoms with E-state index in [1.165, 1.54) is 0 Å². The van der Waals surface area contributed by atoms with Gasteiger partial charge in [-0.3, -0.25) is 4.79 Å². The number of carbonyl (C=O) groups excluding carboxylic acids is 1. The zero-order valence-electron chi connectivity index (χ0n) is 5.93. The zero-order chi connectivity index (χ0) is 7.72. The second-order valence-electron chi connectivity index (χ2n) is 2.50. The van der Waals surface area contributed by atoms with Gasteiger partial charge in [0, 0.05) is 30.4 Å². The summed E-state index contributed by atoms with van der Waals surface area (Å²) in [6, 6.07) is 0. The number of hydrogen-bond acceptors (Lipinski definition) is 1. The van der Waals surface area contributed by atoms with Gasteiger partial charge in [-0.05, 0) is 0 Å². The lowest BCUT2D eigenvalue weighted by Crippen LogP contribution is -2.16. The molecule has 1 rings (SSSR count). The summed E-state index contributed by atoms with van der Waals surface area (Å²) in [5.74, 6) is 0.493. The maximum Gasteiger partial charge on any atom is 0.227 e. The van der Waals surface area contributed by atoms with Crippen molar-refractivity contribution < 1.29 is 4.79 Å². The lowest BCUT2D eigenvalue weighted by molar-refractivity contribution is -0.125. The first kappa shape index (κ1) is 7.79. The first-order valence-electron chi connectivity index (χ1n) is 3.18. The van der Waals surface area contributed by atoms with Gasteiger partial charge in [0.1, 0.15) is 0 Å². The number of carbonyl (C=O) groups is 1. The molecule has 1 aliphatic heterocycles. The molecule has 2 nitrogen and oxygen atoms in total. The summed E-state index contributed by atoms with van der Waals surface area (Å²) in [6.07, 6.45) is 0.612. The standard InChI is InChI=1S/C7H10BrNO/c1-5-6(4-8)3-7(10)9(5)2/h6H,1,3-4H2,2H3. The number of amides is 1. The average Bonchev–Trinajstić information content (AvgIpc) is 2.17. The number of allylic oxidation sites excluding steroid dienone is 1. The Labute approximate surface area is 69.0 Å². The molecule has 3 heteroatoms. The van der Waals surface area contributed by atoms with Gasteiger partial charge < -0.3 is 4.90 Å². The first-order valence-corrected chi connectivity index (χ1v) is 4.30. The van der Waals surface area contributed by atoms with E-state index in [1.54, 1.807) is 11.9 Å². The predicted octanol–water partition coefficient (Wildman–Crippen LogP) is 1.37. The molecule has 0 bridgehead atoms. The van der Waals surface area contributed by atoms with Crippen LogP contribution in [0.5, 0.6) is 0 Å². The fourth-order valence-corrected chi connectivity index (χ4v) is 1.65. The number of alkyl halides is 1. The lowest BCUT2D eigenvalue weighted by Gasteiger charge is -2.11. The molecule has 0 aliphatic carbocycles. The van der Waals surface area contributed by atoms with Crippen LogP contribution >= 0.6 is 15.9 Å². The molecule has 0 spiro atoms. The quantitative estimate of drug-likeness (QED) is 0.590. The van der Waals surface area contributed by atoms with E-state index >= 15 is 0 Å². The molecule has 10 heavy (non-hydrogen) atoms. The van der Waals surface area contributed by atoms with Gasteiger partial charge in [-0.25, -0.2) is 0 Å². The van der Waals surface area contributed by atoms with Gasteiger partial charge in [-0.1, -0.05) is 22.5 Å². The Balaban J connectivity index is 2.71. The molecule has 1 saturated heterocycles. The average molecular weight is 204 g/mol. The fourth-order valence-electron chi connectivity index (χ4n) is 1.04. The van der Waals surface area contributed by atoms with Gasteiger partial charge in [-0.2, -0.15) is 0 Å². The van der Waals surface area contributed by atoms with Crippen LogP contribution in [0.15, 0.2) is 12.3 Å². The molecule has 0 saturated carbocycles. The SMILES string of the molecule is C=C1C(CBr)CC(=O)N1C. The van der Waals surface area contributed by atoms with Crippen LogP contribution in [0.25, 0.3) is 0 Å². The second kappa shape index (κ2) is 2.74. The highest BCUT2D eigenvalue weighted by Gasteiger charge is 2.29. The van der Waals surface area contributed by atoms with Crippen LogP contribution in [0, 0.1) is 5.92 Å². The summed E-state index contributed by atoms with van der Waals surface area (Å²) in [5, 5.41) is 0.835. The van der Waals surface area contributed by atoms with Gasteiger partial charge in [0.25, 0.3) is 0 Å². The molecular formula is C7H10BrNO. The van der Waals surface area contributed by atoms with E-state index in [-0.39, 0.29) is 5.91 Å². The van der Waals surface area contributed by atoms with Crippen molar-refractivity contribution in [1.29, 1.82) is 0 Å². The second-order valence-corrected chi connectivity index (χ2v) is 3.15. The van der Waals surface area contributed by atoms with Crippen LogP contribution in [0.2, 0.25) is 0 Å². The predicted molar refractivity (Wildman–Crippen MR) is 43.8 cm³/mol. The number of hydrogen-bond donors (Lipinski definition) is 0. The molecule has 56 valence electrons. The van der Waals surface area contributed by atoms with E-state index in [0.29, 0.717) is 12.3 Å². The molecule has 0 aromatic heterocycles. The van der Waals surface area contributed by atoms with Crippen molar-refractivity contribution in [1.82, 2.24) is 4.90 Å². The third-order valence-corrected chi connectivity index (χ3v) is 2.67. The maximum atomic E-state index is 11.0. The van der Waals surface area contributed by atoms with Crippen LogP contribution in [-0.2, 0) is 4.79 Å². The zero-order valence-corrected chi connectivity index (χ0v) is 7.52. The van der Waals surface area contributed by atoms with Crippen molar-refractivity contribution in [3.63, 3.8) is 0 Å². The van der Waals surface area contributed by atoms with E-state index in [0.717, 1.165) is 11.0 Å². The monoisotopic (exact) mass is 203 g/mol. The van der Waals surface area contributed by atoms with Gasteiger partial charge in [0.15, 0.2) is 0 Å². The third-order valence-electron chi connectivity index (χ3n) is 1.88. The van der Waals surface area contributed by atoms with Gasteiger partial charge >= 0.3 is 0 Å². The molecule has 0 N–H and O–H groups in total. The van der Waals surface area contributed by atoms with E-state index < -0.39 is 0 Å². The summed E-state index contributed by atoms with van der Waals surface area (Å²) in [7, 11) is 1.77. The molecule has 1 fully saturated rings. The van der Waals surface area contributed by atoms with Gasteiger partial charge in [-0.15, -0.1) is 0 Å². The molecule has 1 unspecified atom stereocenters.